The molecule has 0 aliphatic heterocycles. The minimum absolute atomic E-state index is 0.280. The number of rotatable bonds is 3. The van der Waals surface area contributed by atoms with Gasteiger partial charge < -0.3 is 4.74 Å². The second-order valence-corrected chi connectivity index (χ2v) is 3.17. The minimum Gasteiger partial charge on any atom is -0.444 e. The van der Waals surface area contributed by atoms with Crippen molar-refractivity contribution >= 4 is 0 Å². The molecular weight excluding hydrogens is 220 g/mol. The fourth-order valence-electron chi connectivity index (χ4n) is 0.479. The van der Waals surface area contributed by atoms with Crippen LogP contribution in [0.25, 0.3) is 0 Å². The zero-order valence-electron chi connectivity index (χ0n) is 14.1. The lowest BCUT2D eigenvalue weighted by atomic mass is 10.3. The van der Waals surface area contributed by atoms with Gasteiger partial charge in [0.15, 0.2) is 0 Å². The Morgan fingerprint density at radius 1 is 1.22 bits per heavy atom. The highest BCUT2D eigenvalue weighted by molar-refractivity contribution is 5.04. The largest absolute Gasteiger partial charge is 0.444 e. The quantitative estimate of drug-likeness (QED) is 0.445. The van der Waals surface area contributed by atoms with E-state index in [0.717, 1.165) is 6.42 Å². The Labute approximate surface area is 116 Å². The van der Waals surface area contributed by atoms with Gasteiger partial charge in [0.05, 0.1) is 0 Å². The van der Waals surface area contributed by atoms with Crippen LogP contribution in [0.15, 0.2) is 24.3 Å². The minimum atomic E-state index is 0.280. The lowest BCUT2D eigenvalue weighted by Crippen LogP contribution is -2.00. The smallest absolute Gasteiger partial charge is 0.110 e. The number of ether oxygens (including phenoxy) is 1. The Bertz CT molecular complexity index is 211. The monoisotopic (exact) mass is 254 g/mol. The molecule has 0 saturated carbocycles. The zero-order chi connectivity index (χ0) is 15.4. The van der Waals surface area contributed by atoms with E-state index >= 15 is 0 Å². The lowest BCUT2D eigenvalue weighted by molar-refractivity contribution is 0.181. The highest BCUT2D eigenvalue weighted by atomic mass is 16.5. The molecule has 18 heavy (non-hydrogen) atoms. The van der Waals surface area contributed by atoms with Crippen molar-refractivity contribution in [3.8, 4) is 12.0 Å². The number of hydrogen-bond donors (Lipinski definition) is 0. The van der Waals surface area contributed by atoms with Gasteiger partial charge in [-0.2, -0.15) is 0 Å². The van der Waals surface area contributed by atoms with Crippen molar-refractivity contribution in [1.82, 2.24) is 0 Å². The van der Waals surface area contributed by atoms with Gasteiger partial charge in [-0.3, -0.25) is 0 Å². The van der Waals surface area contributed by atoms with Gasteiger partial charge in [-0.05, 0) is 27.2 Å². The Morgan fingerprint density at radius 3 is 1.83 bits per heavy atom. The van der Waals surface area contributed by atoms with Crippen molar-refractivity contribution in [3.05, 3.63) is 24.3 Å². The highest BCUT2D eigenvalue weighted by Gasteiger charge is 1.91. The summed E-state index contributed by atoms with van der Waals surface area (Å²) in [6.45, 7) is 21.5. The molecule has 1 atom stereocenters. The first kappa shape index (κ1) is 25.6. The Hall–Kier alpha value is -1.16. The summed E-state index contributed by atoms with van der Waals surface area (Å²) >= 11 is 0. The van der Waals surface area contributed by atoms with E-state index in [1.165, 1.54) is 5.57 Å². The number of hydrogen-bond acceptors (Lipinski definition) is 1. The third kappa shape index (κ3) is 46.2. The molecule has 0 aromatic carbocycles. The topological polar surface area (TPSA) is 9.23 Å². The second kappa shape index (κ2) is 29.7. The van der Waals surface area contributed by atoms with Gasteiger partial charge in [0.1, 0.15) is 12.2 Å². The van der Waals surface area contributed by atoms with Crippen LogP contribution >= 0.6 is 0 Å². The molecule has 0 aromatic rings. The highest BCUT2D eigenvalue weighted by Crippen LogP contribution is 1.92. The first-order valence-electron chi connectivity index (χ1n) is 6.91. The normalized spacial score (nSPS) is 8.06. The van der Waals surface area contributed by atoms with Gasteiger partial charge in [0, 0.05) is 6.92 Å². The first-order valence-corrected chi connectivity index (χ1v) is 6.91. The molecule has 1 unspecified atom stereocenters. The SMILES string of the molecule is C=CC=C(C)C.CC.CC.CC#COC(C)CC. The van der Waals surface area contributed by atoms with Crippen LogP contribution in [0, 0.1) is 12.0 Å². The van der Waals surface area contributed by atoms with E-state index in [2.05, 4.69) is 25.5 Å². The summed E-state index contributed by atoms with van der Waals surface area (Å²) in [5, 5.41) is 0. The van der Waals surface area contributed by atoms with Crippen LogP contribution in [0.5, 0.6) is 0 Å². The predicted octanol–water partition coefficient (Wildman–Crippen LogP) is 5.97. The fraction of sp³-hybridized carbons (Fsp3) is 0.647. The van der Waals surface area contributed by atoms with Crippen LogP contribution in [0.2, 0.25) is 0 Å². The molecule has 0 N–H and O–H groups in total. The summed E-state index contributed by atoms with van der Waals surface area (Å²) < 4.78 is 4.98. The maximum absolute atomic E-state index is 4.98. The molecule has 0 spiro atoms. The standard InChI is InChI=1S/C7H12O.C6H10.2C2H6/c1-4-6-8-7(3)5-2;1-4-5-6(2)3;2*1-2/h7H,5H2,1-3H3;4-5H,1H2,2-3H3;2*1-2H3. The van der Waals surface area contributed by atoms with Crippen LogP contribution in [0.4, 0.5) is 0 Å². The Morgan fingerprint density at radius 2 is 1.67 bits per heavy atom. The van der Waals surface area contributed by atoms with E-state index in [-0.39, 0.29) is 6.10 Å². The molecule has 0 rings (SSSR count). The Kier molecular flexibility index (Phi) is 42.3. The fourth-order valence-corrected chi connectivity index (χ4v) is 0.479. The molecule has 0 aromatic heterocycles. The maximum Gasteiger partial charge on any atom is 0.110 e. The van der Waals surface area contributed by atoms with Gasteiger partial charge in [-0.1, -0.05) is 64.8 Å². The molecule has 1 heteroatoms. The summed E-state index contributed by atoms with van der Waals surface area (Å²) in [6, 6.07) is 0. The lowest BCUT2D eigenvalue weighted by Gasteiger charge is -2.02. The molecule has 1 nitrogen and oxygen atoms in total. The molecular formula is C17H34O. The van der Waals surface area contributed by atoms with Gasteiger partial charge in [-0.15, -0.1) is 0 Å². The molecule has 0 bridgehead atoms. The summed E-state index contributed by atoms with van der Waals surface area (Å²) in [7, 11) is 0. The molecule has 0 aliphatic carbocycles. The average Bonchev–Trinajstić information content (AvgIpc) is 2.41. The molecule has 0 amide bonds. The van der Waals surface area contributed by atoms with Crippen molar-refractivity contribution in [1.29, 1.82) is 0 Å². The summed E-state index contributed by atoms with van der Waals surface area (Å²) in [5.41, 5.74) is 1.30. The van der Waals surface area contributed by atoms with Gasteiger partial charge >= 0.3 is 0 Å². The summed E-state index contributed by atoms with van der Waals surface area (Å²) in [6.07, 6.45) is 7.61. The van der Waals surface area contributed by atoms with Crippen LogP contribution < -0.4 is 0 Å². The average molecular weight is 254 g/mol. The van der Waals surface area contributed by atoms with E-state index in [1.807, 2.05) is 54.5 Å². The van der Waals surface area contributed by atoms with Crippen LogP contribution in [-0.4, -0.2) is 6.10 Å². The van der Waals surface area contributed by atoms with Gasteiger partial charge in [0.25, 0.3) is 0 Å². The van der Waals surface area contributed by atoms with Crippen molar-refractivity contribution in [2.24, 2.45) is 0 Å². The second-order valence-electron chi connectivity index (χ2n) is 3.17. The third-order valence-corrected chi connectivity index (χ3v) is 1.39. The Balaban J connectivity index is -0.0000000869. The molecule has 0 fully saturated rings. The molecule has 0 radical (unpaired) electrons. The van der Waals surface area contributed by atoms with E-state index in [9.17, 15) is 0 Å². The van der Waals surface area contributed by atoms with Crippen LogP contribution in [0.3, 0.4) is 0 Å². The van der Waals surface area contributed by atoms with E-state index in [0.29, 0.717) is 0 Å². The van der Waals surface area contributed by atoms with Crippen molar-refractivity contribution in [3.63, 3.8) is 0 Å². The predicted molar refractivity (Wildman–Crippen MR) is 86.6 cm³/mol. The van der Waals surface area contributed by atoms with Crippen molar-refractivity contribution < 1.29 is 4.74 Å². The van der Waals surface area contributed by atoms with Crippen LogP contribution in [0.1, 0.15) is 68.7 Å². The molecule has 0 aliphatic rings. The maximum atomic E-state index is 4.98. The van der Waals surface area contributed by atoms with E-state index < -0.39 is 0 Å². The van der Waals surface area contributed by atoms with Crippen molar-refractivity contribution in [2.45, 2.75) is 74.8 Å². The van der Waals surface area contributed by atoms with E-state index in [4.69, 9.17) is 4.74 Å². The molecule has 0 heterocycles. The summed E-state index contributed by atoms with van der Waals surface area (Å²) in [4.78, 5) is 0. The van der Waals surface area contributed by atoms with Crippen LogP contribution in [-0.2, 0) is 4.74 Å². The first-order chi connectivity index (χ1) is 8.58. The van der Waals surface area contributed by atoms with E-state index in [1.54, 1.807) is 13.0 Å². The molecule has 108 valence electrons. The number of allylic oxidation sites excluding steroid dienone is 3. The third-order valence-electron chi connectivity index (χ3n) is 1.39. The van der Waals surface area contributed by atoms with Gasteiger partial charge in [0.2, 0.25) is 0 Å². The zero-order valence-corrected chi connectivity index (χ0v) is 14.1. The molecule has 0 saturated heterocycles. The van der Waals surface area contributed by atoms with Gasteiger partial charge in [-0.25, -0.2) is 0 Å². The summed E-state index contributed by atoms with van der Waals surface area (Å²) in [5.74, 6) is 2.66. The van der Waals surface area contributed by atoms with Crippen molar-refractivity contribution in [2.75, 3.05) is 0 Å².